The summed E-state index contributed by atoms with van der Waals surface area (Å²) in [7, 11) is 1.46. The van der Waals surface area contributed by atoms with Gasteiger partial charge in [0.25, 0.3) is 0 Å². The number of carbonyl (C=O) groups excluding carboxylic acids is 2. The van der Waals surface area contributed by atoms with Gasteiger partial charge in [0.1, 0.15) is 5.60 Å². The predicted octanol–water partition coefficient (Wildman–Crippen LogP) is 3.39. The maximum Gasteiger partial charge on any atom is 0.312 e. The second kappa shape index (κ2) is 8.76. The van der Waals surface area contributed by atoms with Crippen molar-refractivity contribution in [2.75, 3.05) is 13.7 Å². The molecule has 0 bridgehead atoms. The Hall–Kier alpha value is -1.40. The Bertz CT molecular complexity index is 654. The zero-order chi connectivity index (χ0) is 22.0. The quantitative estimate of drug-likeness (QED) is 0.494. The number of aliphatic hydroxyl groups excluding tert-OH is 1. The molecule has 29 heavy (non-hydrogen) atoms. The summed E-state index contributed by atoms with van der Waals surface area (Å²) < 4.78 is 10.3. The number of carbonyl (C=O) groups is 2. The molecule has 0 spiro atoms. The summed E-state index contributed by atoms with van der Waals surface area (Å²) in [5, 5.41) is 20.6. The van der Waals surface area contributed by atoms with Crippen molar-refractivity contribution in [3.63, 3.8) is 0 Å². The van der Waals surface area contributed by atoms with Gasteiger partial charge in [0.2, 0.25) is 0 Å². The normalized spacial score (nSPS) is 35.0. The summed E-state index contributed by atoms with van der Waals surface area (Å²) in [4.78, 5) is 24.0. The topological polar surface area (TPSA) is 93.1 Å². The first kappa shape index (κ1) is 23.9. The van der Waals surface area contributed by atoms with Crippen LogP contribution in [0.3, 0.4) is 0 Å². The van der Waals surface area contributed by atoms with Gasteiger partial charge in [-0.05, 0) is 69.6 Å². The fraction of sp³-hybridized carbons (Fsp3) is 0.826. The minimum Gasteiger partial charge on any atom is -0.469 e. The standard InChI is InChI=1S/C23H38O6/c1-15-9-10-18-17(8-7-11-22(18,4)20(26)28-6)21(15,3)12-13-23(5,27)19(14-24)29-16(2)25/h8,15,18-19,24,27H,7,9-14H2,1-6H3. The first-order chi connectivity index (χ1) is 13.4. The van der Waals surface area contributed by atoms with Crippen molar-refractivity contribution in [3.05, 3.63) is 11.6 Å². The molecule has 166 valence electrons. The lowest BCUT2D eigenvalue weighted by Crippen LogP contribution is -2.49. The lowest BCUT2D eigenvalue weighted by Gasteiger charge is -2.53. The van der Waals surface area contributed by atoms with E-state index in [1.165, 1.54) is 19.6 Å². The number of rotatable bonds is 7. The molecule has 6 heteroatoms. The molecular formula is C23H38O6. The summed E-state index contributed by atoms with van der Waals surface area (Å²) in [6.45, 7) is 8.92. The first-order valence-electron chi connectivity index (χ1n) is 10.7. The van der Waals surface area contributed by atoms with Crippen LogP contribution >= 0.6 is 0 Å². The molecule has 1 saturated carbocycles. The van der Waals surface area contributed by atoms with Crippen LogP contribution in [0.5, 0.6) is 0 Å². The molecule has 2 aliphatic rings. The van der Waals surface area contributed by atoms with Gasteiger partial charge in [0.05, 0.1) is 19.1 Å². The van der Waals surface area contributed by atoms with Crippen molar-refractivity contribution >= 4 is 11.9 Å². The number of aliphatic hydroxyl groups is 2. The largest absolute Gasteiger partial charge is 0.469 e. The highest BCUT2D eigenvalue weighted by Gasteiger charge is 2.53. The molecule has 0 aromatic rings. The lowest BCUT2D eigenvalue weighted by atomic mass is 9.51. The van der Waals surface area contributed by atoms with E-state index in [4.69, 9.17) is 9.47 Å². The van der Waals surface area contributed by atoms with Gasteiger partial charge in [-0.3, -0.25) is 9.59 Å². The molecule has 1 fully saturated rings. The number of fused-ring (bicyclic) bond motifs is 1. The minimum absolute atomic E-state index is 0.136. The molecule has 2 rings (SSSR count). The van der Waals surface area contributed by atoms with Gasteiger partial charge in [-0.15, -0.1) is 0 Å². The van der Waals surface area contributed by atoms with Crippen molar-refractivity contribution in [1.82, 2.24) is 0 Å². The molecule has 2 N–H and O–H groups in total. The van der Waals surface area contributed by atoms with E-state index in [1.54, 1.807) is 6.92 Å². The van der Waals surface area contributed by atoms with Gasteiger partial charge >= 0.3 is 11.9 Å². The zero-order valence-electron chi connectivity index (χ0n) is 18.8. The zero-order valence-corrected chi connectivity index (χ0v) is 18.8. The number of methoxy groups -OCH3 is 1. The van der Waals surface area contributed by atoms with Crippen LogP contribution in [0.1, 0.15) is 73.1 Å². The SMILES string of the molecule is COC(=O)C1(C)CCC=C2C1CCC(C)C2(C)CCC(C)(O)C(CO)OC(C)=O. The molecule has 0 saturated heterocycles. The van der Waals surface area contributed by atoms with Gasteiger partial charge in [0, 0.05) is 6.92 Å². The summed E-state index contributed by atoms with van der Waals surface area (Å²) in [5.41, 5.74) is -0.747. The van der Waals surface area contributed by atoms with Crippen molar-refractivity contribution in [2.45, 2.75) is 84.8 Å². The number of hydrogen-bond donors (Lipinski definition) is 2. The van der Waals surface area contributed by atoms with Crippen LogP contribution in [0.15, 0.2) is 11.6 Å². The molecule has 0 aromatic heterocycles. The van der Waals surface area contributed by atoms with E-state index in [-0.39, 0.29) is 17.3 Å². The second-order valence-corrected chi connectivity index (χ2v) is 9.69. The van der Waals surface area contributed by atoms with E-state index in [2.05, 4.69) is 19.9 Å². The maximum absolute atomic E-state index is 12.6. The Morgan fingerprint density at radius 1 is 1.34 bits per heavy atom. The third kappa shape index (κ3) is 4.53. The number of allylic oxidation sites excluding steroid dienone is 2. The predicted molar refractivity (Wildman–Crippen MR) is 110 cm³/mol. The van der Waals surface area contributed by atoms with Gasteiger partial charge < -0.3 is 19.7 Å². The van der Waals surface area contributed by atoms with Crippen LogP contribution in [0.2, 0.25) is 0 Å². The number of esters is 2. The lowest BCUT2D eigenvalue weighted by molar-refractivity contribution is -0.167. The Kier molecular flexibility index (Phi) is 7.21. The van der Waals surface area contributed by atoms with Crippen LogP contribution in [0.4, 0.5) is 0 Å². The highest BCUT2D eigenvalue weighted by molar-refractivity contribution is 5.77. The molecular weight excluding hydrogens is 372 g/mol. The third-order valence-corrected chi connectivity index (χ3v) is 7.78. The molecule has 0 amide bonds. The Labute approximate surface area is 174 Å². The minimum atomic E-state index is -1.34. The molecule has 6 atom stereocenters. The van der Waals surface area contributed by atoms with E-state index < -0.39 is 29.7 Å². The summed E-state index contributed by atoms with van der Waals surface area (Å²) in [6.07, 6.45) is 5.97. The molecule has 6 nitrogen and oxygen atoms in total. The van der Waals surface area contributed by atoms with Crippen molar-refractivity contribution in [2.24, 2.45) is 22.7 Å². The highest BCUT2D eigenvalue weighted by Crippen LogP contribution is 2.58. The molecule has 2 aliphatic carbocycles. The van der Waals surface area contributed by atoms with Gasteiger partial charge in [-0.2, -0.15) is 0 Å². The molecule has 0 aromatic carbocycles. The van der Waals surface area contributed by atoms with Crippen molar-refractivity contribution < 1.29 is 29.3 Å². The number of ether oxygens (including phenoxy) is 2. The van der Waals surface area contributed by atoms with Gasteiger partial charge in [0.15, 0.2) is 6.10 Å². The monoisotopic (exact) mass is 410 g/mol. The van der Waals surface area contributed by atoms with Crippen LogP contribution in [0, 0.1) is 22.7 Å². The van der Waals surface area contributed by atoms with Crippen molar-refractivity contribution in [1.29, 1.82) is 0 Å². The van der Waals surface area contributed by atoms with Gasteiger partial charge in [-0.25, -0.2) is 0 Å². The van der Waals surface area contributed by atoms with E-state index in [1.807, 2.05) is 6.92 Å². The van der Waals surface area contributed by atoms with Gasteiger partial charge in [-0.1, -0.05) is 25.5 Å². The number of hydrogen-bond acceptors (Lipinski definition) is 6. The summed E-state index contributed by atoms with van der Waals surface area (Å²) in [6, 6.07) is 0. The van der Waals surface area contributed by atoms with E-state index in [9.17, 15) is 19.8 Å². The molecule has 6 unspecified atom stereocenters. The summed E-state index contributed by atoms with van der Waals surface area (Å²) >= 11 is 0. The fourth-order valence-electron chi connectivity index (χ4n) is 5.42. The summed E-state index contributed by atoms with van der Waals surface area (Å²) in [5.74, 6) is -0.142. The third-order valence-electron chi connectivity index (χ3n) is 7.78. The maximum atomic E-state index is 12.6. The van der Waals surface area contributed by atoms with Crippen LogP contribution in [-0.2, 0) is 19.1 Å². The average molecular weight is 411 g/mol. The first-order valence-corrected chi connectivity index (χ1v) is 10.7. The van der Waals surface area contributed by atoms with E-state index in [0.29, 0.717) is 18.8 Å². The Balaban J connectivity index is 2.27. The van der Waals surface area contributed by atoms with Crippen LogP contribution in [0.25, 0.3) is 0 Å². The Morgan fingerprint density at radius 2 is 2.00 bits per heavy atom. The van der Waals surface area contributed by atoms with Crippen LogP contribution < -0.4 is 0 Å². The smallest absolute Gasteiger partial charge is 0.312 e. The van der Waals surface area contributed by atoms with E-state index in [0.717, 1.165) is 25.7 Å². The average Bonchev–Trinajstić information content (AvgIpc) is 2.67. The Morgan fingerprint density at radius 3 is 2.55 bits per heavy atom. The van der Waals surface area contributed by atoms with Crippen LogP contribution in [-0.4, -0.2) is 47.6 Å². The molecule has 0 radical (unpaired) electrons. The molecule has 0 heterocycles. The molecule has 0 aliphatic heterocycles. The van der Waals surface area contributed by atoms with Crippen molar-refractivity contribution in [3.8, 4) is 0 Å². The van der Waals surface area contributed by atoms with E-state index >= 15 is 0 Å². The highest BCUT2D eigenvalue weighted by atomic mass is 16.6. The second-order valence-electron chi connectivity index (χ2n) is 9.69. The fourth-order valence-corrected chi connectivity index (χ4v) is 5.42.